The standard InChI is InChI=1S/C64H56BN3O/c1-39-20-27-45(28-21-39)50-34-41(3)24-31-55(50)68-57-33-26-43(5)36-53(57)65-52-35-42(4)25-32-56(52)66(46-29-22-40(2)23-30-46)59-37-47(38-60(68)61(59)65)67(54-18-11-10-14-44(54)6)58-19-13-16-49-48-15-12-17-51(64(7,8)9)62(48)69-63(49)58/h10-38H,1-9H3. The Balaban J connectivity index is 1.23. The summed E-state index contributed by atoms with van der Waals surface area (Å²) in [5.74, 6) is 0. The minimum atomic E-state index is -0.110. The summed E-state index contributed by atoms with van der Waals surface area (Å²) in [6, 6.07) is 66.1. The first-order chi connectivity index (χ1) is 33.3. The van der Waals surface area contributed by atoms with E-state index in [2.05, 4.69) is 253 Å². The Hall–Kier alpha value is -7.76. The van der Waals surface area contributed by atoms with E-state index in [0.29, 0.717) is 0 Å². The topological polar surface area (TPSA) is 22.9 Å². The predicted molar refractivity (Wildman–Crippen MR) is 295 cm³/mol. The number of benzene rings is 9. The van der Waals surface area contributed by atoms with Crippen LogP contribution in [0.5, 0.6) is 0 Å². The summed E-state index contributed by atoms with van der Waals surface area (Å²) in [5.41, 5.74) is 26.6. The molecule has 1 aromatic heterocycles. The van der Waals surface area contributed by atoms with Crippen molar-refractivity contribution in [2.24, 2.45) is 0 Å². The van der Waals surface area contributed by atoms with E-state index in [-0.39, 0.29) is 12.1 Å². The Kier molecular flexibility index (Phi) is 9.83. The third-order valence-electron chi connectivity index (χ3n) is 14.6. The molecular formula is C64H56BN3O. The van der Waals surface area contributed by atoms with Gasteiger partial charge in [0, 0.05) is 56.0 Å². The van der Waals surface area contributed by atoms with Crippen molar-refractivity contribution in [1.82, 2.24) is 0 Å². The highest BCUT2D eigenvalue weighted by Gasteiger charge is 2.44. The number of furan rings is 1. The van der Waals surface area contributed by atoms with Gasteiger partial charge in [-0.3, -0.25) is 0 Å². The summed E-state index contributed by atoms with van der Waals surface area (Å²) in [6.07, 6.45) is 0. The molecule has 4 nitrogen and oxygen atoms in total. The number of nitrogens with zero attached hydrogens (tertiary/aromatic N) is 3. The smallest absolute Gasteiger partial charge is 0.252 e. The molecule has 2 aliphatic heterocycles. The molecule has 0 radical (unpaired) electrons. The van der Waals surface area contributed by atoms with Gasteiger partial charge in [0.05, 0.1) is 17.1 Å². The number of hydrogen-bond donors (Lipinski definition) is 0. The molecule has 0 aliphatic carbocycles. The highest BCUT2D eigenvalue weighted by atomic mass is 16.3. The van der Waals surface area contributed by atoms with Gasteiger partial charge in [0.1, 0.15) is 5.58 Å². The van der Waals surface area contributed by atoms with Gasteiger partial charge in [-0.25, -0.2) is 0 Å². The normalized spacial score (nSPS) is 12.9. The van der Waals surface area contributed by atoms with Crippen LogP contribution in [0.3, 0.4) is 0 Å². The lowest BCUT2D eigenvalue weighted by molar-refractivity contribution is 0.573. The van der Waals surface area contributed by atoms with Gasteiger partial charge < -0.3 is 19.1 Å². The van der Waals surface area contributed by atoms with Crippen LogP contribution in [0.25, 0.3) is 33.1 Å². The van der Waals surface area contributed by atoms with Crippen LogP contribution < -0.4 is 31.1 Å². The Morgan fingerprint density at radius 2 is 0.986 bits per heavy atom. The third-order valence-corrected chi connectivity index (χ3v) is 14.6. The molecule has 0 fully saturated rings. The molecule has 5 heteroatoms. The van der Waals surface area contributed by atoms with E-state index in [9.17, 15) is 0 Å². The second-order valence-corrected chi connectivity index (χ2v) is 20.7. The van der Waals surface area contributed by atoms with Gasteiger partial charge in [-0.1, -0.05) is 164 Å². The minimum Gasteiger partial charge on any atom is -0.454 e. The number of aryl methyl sites for hydroxylation is 6. The number of rotatable bonds is 6. The summed E-state index contributed by atoms with van der Waals surface area (Å²) in [6.45, 7) is 20.0. The lowest BCUT2D eigenvalue weighted by atomic mass is 9.33. The fourth-order valence-electron chi connectivity index (χ4n) is 11.2. The molecule has 69 heavy (non-hydrogen) atoms. The van der Waals surface area contributed by atoms with Crippen molar-refractivity contribution in [3.63, 3.8) is 0 Å². The maximum absolute atomic E-state index is 7.23. The molecule has 9 aromatic carbocycles. The van der Waals surface area contributed by atoms with Crippen LogP contribution in [0.1, 0.15) is 59.7 Å². The Bertz CT molecular complexity index is 3690. The maximum Gasteiger partial charge on any atom is 0.252 e. The zero-order valence-corrected chi connectivity index (χ0v) is 41.1. The first-order valence-corrected chi connectivity index (χ1v) is 24.4. The van der Waals surface area contributed by atoms with E-state index in [1.54, 1.807) is 0 Å². The minimum absolute atomic E-state index is 0.0263. The van der Waals surface area contributed by atoms with Crippen LogP contribution in [-0.4, -0.2) is 6.71 Å². The zero-order chi connectivity index (χ0) is 47.5. The quantitative estimate of drug-likeness (QED) is 0.155. The van der Waals surface area contributed by atoms with Crippen molar-refractivity contribution in [3.8, 4) is 11.1 Å². The molecule has 2 aliphatic rings. The molecule has 0 N–H and O–H groups in total. The van der Waals surface area contributed by atoms with Crippen LogP contribution in [0.15, 0.2) is 180 Å². The molecule has 3 heterocycles. The van der Waals surface area contributed by atoms with Gasteiger partial charge in [0.2, 0.25) is 0 Å². The summed E-state index contributed by atoms with van der Waals surface area (Å²) in [7, 11) is 0. The van der Waals surface area contributed by atoms with E-state index in [0.717, 1.165) is 61.8 Å². The van der Waals surface area contributed by atoms with Crippen LogP contribution >= 0.6 is 0 Å². The Morgan fingerprint density at radius 1 is 0.449 bits per heavy atom. The SMILES string of the molecule is Cc1ccc(-c2cc(C)ccc2N2c3ccc(C)cc3B3c4cc(C)ccc4N(c4ccc(C)cc4)c4cc(N(c5ccccc5C)c5cccc6c5oc5c(C(C)(C)C)cccc56)cc2c43)cc1. The Labute approximate surface area is 407 Å². The van der Waals surface area contributed by atoms with Crippen LogP contribution in [0.2, 0.25) is 0 Å². The first-order valence-electron chi connectivity index (χ1n) is 24.4. The van der Waals surface area contributed by atoms with Gasteiger partial charge in [-0.2, -0.15) is 0 Å². The molecule has 0 amide bonds. The number of fused-ring (bicyclic) bond motifs is 7. The van der Waals surface area contributed by atoms with Gasteiger partial charge in [0.15, 0.2) is 5.58 Å². The lowest BCUT2D eigenvalue weighted by Gasteiger charge is -2.45. The zero-order valence-electron chi connectivity index (χ0n) is 41.1. The summed E-state index contributed by atoms with van der Waals surface area (Å²) in [4.78, 5) is 7.55. The predicted octanol–water partition coefficient (Wildman–Crippen LogP) is 16.0. The highest BCUT2D eigenvalue weighted by Crippen LogP contribution is 2.51. The van der Waals surface area contributed by atoms with Crippen molar-refractivity contribution in [1.29, 1.82) is 0 Å². The molecule has 336 valence electrons. The lowest BCUT2D eigenvalue weighted by Crippen LogP contribution is -2.61. The average Bonchev–Trinajstić information content (AvgIpc) is 3.72. The summed E-state index contributed by atoms with van der Waals surface area (Å²) >= 11 is 0. The van der Waals surface area contributed by atoms with Crippen LogP contribution in [0.4, 0.5) is 51.2 Å². The Morgan fingerprint density at radius 3 is 1.64 bits per heavy atom. The van der Waals surface area contributed by atoms with Crippen molar-refractivity contribution >= 4 is 96.2 Å². The molecule has 0 unspecified atom stereocenters. The molecule has 0 spiro atoms. The molecule has 0 saturated carbocycles. The monoisotopic (exact) mass is 893 g/mol. The second-order valence-electron chi connectivity index (χ2n) is 20.7. The van der Waals surface area contributed by atoms with Gasteiger partial charge in [-0.15, -0.1) is 0 Å². The second kappa shape index (κ2) is 15.9. The van der Waals surface area contributed by atoms with Crippen molar-refractivity contribution in [2.75, 3.05) is 14.7 Å². The molecule has 10 aromatic rings. The van der Waals surface area contributed by atoms with E-state index in [4.69, 9.17) is 4.42 Å². The van der Waals surface area contributed by atoms with Crippen molar-refractivity contribution in [3.05, 3.63) is 215 Å². The molecule has 0 saturated heterocycles. The molecule has 12 rings (SSSR count). The average molecular weight is 894 g/mol. The van der Waals surface area contributed by atoms with E-state index >= 15 is 0 Å². The molecule has 0 bridgehead atoms. The molecular weight excluding hydrogens is 838 g/mol. The summed E-state index contributed by atoms with van der Waals surface area (Å²) in [5, 5.41) is 2.23. The van der Waals surface area contributed by atoms with Gasteiger partial charge >= 0.3 is 0 Å². The van der Waals surface area contributed by atoms with Crippen LogP contribution in [-0.2, 0) is 5.41 Å². The highest BCUT2D eigenvalue weighted by molar-refractivity contribution is 7.00. The third kappa shape index (κ3) is 6.89. The number of para-hydroxylation sites is 3. The van der Waals surface area contributed by atoms with Crippen molar-refractivity contribution in [2.45, 2.75) is 67.7 Å². The number of hydrogen-bond acceptors (Lipinski definition) is 4. The first kappa shape index (κ1) is 42.6. The van der Waals surface area contributed by atoms with Crippen LogP contribution in [0, 0.1) is 41.5 Å². The van der Waals surface area contributed by atoms with Gasteiger partial charge in [0.25, 0.3) is 6.71 Å². The van der Waals surface area contributed by atoms with Gasteiger partial charge in [-0.05, 0) is 135 Å². The van der Waals surface area contributed by atoms with Crippen molar-refractivity contribution < 1.29 is 4.42 Å². The van der Waals surface area contributed by atoms with E-state index in [1.165, 1.54) is 77.8 Å². The fourth-order valence-corrected chi connectivity index (χ4v) is 11.2. The fraction of sp³-hybridized carbons (Fsp3) is 0.156. The largest absolute Gasteiger partial charge is 0.454 e. The van der Waals surface area contributed by atoms with E-state index < -0.39 is 0 Å². The van der Waals surface area contributed by atoms with E-state index in [1.807, 2.05) is 0 Å². The summed E-state index contributed by atoms with van der Waals surface area (Å²) < 4.78 is 7.23. The maximum atomic E-state index is 7.23. The number of anilines is 9. The molecule has 0 atom stereocenters.